The number of aromatic hydroxyl groups is 1. The molecule has 1 aliphatic carbocycles. The number of likely N-dealkylation sites (tertiary alicyclic amines) is 1. The lowest BCUT2D eigenvalue weighted by Crippen LogP contribution is -2.26. The third-order valence-corrected chi connectivity index (χ3v) is 5.47. The molecule has 1 aromatic carbocycles. The molecule has 2 aliphatic rings. The van der Waals surface area contributed by atoms with Crippen LogP contribution in [-0.2, 0) is 6.42 Å². The Balaban J connectivity index is 1.25. The van der Waals surface area contributed by atoms with Gasteiger partial charge in [-0.1, -0.05) is 0 Å². The molecule has 26 heavy (non-hydrogen) atoms. The van der Waals surface area contributed by atoms with Crippen LogP contribution in [0.1, 0.15) is 18.5 Å². The Morgan fingerprint density at radius 2 is 1.73 bits per heavy atom. The highest BCUT2D eigenvalue weighted by Crippen LogP contribution is 2.39. The third-order valence-electron chi connectivity index (χ3n) is 5.47. The van der Waals surface area contributed by atoms with Crippen LogP contribution in [0.25, 0.3) is 0 Å². The Labute approximate surface area is 151 Å². The number of hydrogen-bond acceptors (Lipinski definition) is 4. The van der Waals surface area contributed by atoms with E-state index in [1.54, 1.807) is 18.2 Å². The maximum Gasteiger partial charge on any atom is 0.255 e. The van der Waals surface area contributed by atoms with Gasteiger partial charge in [-0.25, -0.2) is 9.37 Å². The number of aromatic nitrogens is 1. The van der Waals surface area contributed by atoms with Crippen LogP contribution in [0.2, 0.25) is 0 Å². The van der Waals surface area contributed by atoms with E-state index in [1.807, 2.05) is 0 Å². The van der Waals surface area contributed by atoms with Gasteiger partial charge in [-0.05, 0) is 61.1 Å². The molecule has 138 valence electrons. The average molecular weight is 360 g/mol. The first-order valence-electron chi connectivity index (χ1n) is 9.06. The molecule has 2 fully saturated rings. The summed E-state index contributed by atoms with van der Waals surface area (Å²) < 4.78 is 32.3. The number of halogens is 2. The van der Waals surface area contributed by atoms with Crippen molar-refractivity contribution in [1.82, 2.24) is 9.88 Å². The number of fused-ring (bicyclic) bond motifs is 1. The molecular formula is C20H22F2N2O2. The number of benzene rings is 1. The van der Waals surface area contributed by atoms with Crippen LogP contribution in [0.5, 0.6) is 11.5 Å². The second-order valence-electron chi connectivity index (χ2n) is 7.31. The van der Waals surface area contributed by atoms with Gasteiger partial charge < -0.3 is 14.7 Å². The van der Waals surface area contributed by atoms with E-state index in [4.69, 9.17) is 4.74 Å². The second-order valence-corrected chi connectivity index (χ2v) is 7.31. The predicted octanol–water partition coefficient (Wildman–Crippen LogP) is 3.40. The summed E-state index contributed by atoms with van der Waals surface area (Å²) in [7, 11) is 0. The van der Waals surface area contributed by atoms with Crippen LogP contribution in [0.3, 0.4) is 0 Å². The lowest BCUT2D eigenvalue weighted by Gasteiger charge is -2.19. The molecule has 1 N–H and O–H groups in total. The van der Waals surface area contributed by atoms with Gasteiger partial charge in [0.25, 0.3) is 5.95 Å². The van der Waals surface area contributed by atoms with Gasteiger partial charge in [0, 0.05) is 31.7 Å². The minimum Gasteiger partial charge on any atom is -0.504 e. The molecule has 4 rings (SSSR count). The van der Waals surface area contributed by atoms with Crippen molar-refractivity contribution in [3.8, 4) is 11.5 Å². The molecule has 1 aliphatic heterocycles. The Hall–Kier alpha value is -2.21. The minimum atomic E-state index is -0.804. The summed E-state index contributed by atoms with van der Waals surface area (Å²) in [6, 6.07) is 9.23. The highest BCUT2D eigenvalue weighted by Gasteiger charge is 2.41. The predicted molar refractivity (Wildman–Crippen MR) is 93.0 cm³/mol. The summed E-state index contributed by atoms with van der Waals surface area (Å²) >= 11 is 0. The largest absolute Gasteiger partial charge is 0.504 e. The van der Waals surface area contributed by atoms with E-state index in [2.05, 4.69) is 9.88 Å². The van der Waals surface area contributed by atoms with Crippen molar-refractivity contribution >= 4 is 0 Å². The van der Waals surface area contributed by atoms with E-state index >= 15 is 0 Å². The van der Waals surface area contributed by atoms with Crippen molar-refractivity contribution < 1.29 is 18.6 Å². The molecule has 2 unspecified atom stereocenters. The van der Waals surface area contributed by atoms with Gasteiger partial charge in [-0.2, -0.15) is 4.39 Å². The van der Waals surface area contributed by atoms with Gasteiger partial charge in [0.05, 0.1) is 6.10 Å². The zero-order valence-corrected chi connectivity index (χ0v) is 14.4. The monoisotopic (exact) mass is 360 g/mol. The lowest BCUT2D eigenvalue weighted by molar-refractivity contribution is 0.185. The quantitative estimate of drug-likeness (QED) is 0.830. The molecule has 0 bridgehead atoms. The van der Waals surface area contributed by atoms with Crippen LogP contribution in [0, 0.1) is 23.6 Å². The summed E-state index contributed by atoms with van der Waals surface area (Å²) in [6.45, 7) is 2.89. The third kappa shape index (κ3) is 3.80. The van der Waals surface area contributed by atoms with Gasteiger partial charge in [-0.3, -0.25) is 0 Å². The Bertz CT molecular complexity index is 755. The van der Waals surface area contributed by atoms with Crippen molar-refractivity contribution in [2.24, 2.45) is 11.8 Å². The molecule has 1 saturated carbocycles. The Morgan fingerprint density at radius 3 is 2.38 bits per heavy atom. The molecule has 4 nitrogen and oxygen atoms in total. The second kappa shape index (κ2) is 7.19. The lowest BCUT2D eigenvalue weighted by atomic mass is 10.0. The molecule has 0 amide bonds. The first kappa shape index (κ1) is 17.2. The summed E-state index contributed by atoms with van der Waals surface area (Å²) in [4.78, 5) is 6.18. The Kier molecular flexibility index (Phi) is 4.76. The molecular weight excluding hydrogens is 338 g/mol. The zero-order chi connectivity index (χ0) is 18.1. The van der Waals surface area contributed by atoms with Crippen molar-refractivity contribution in [1.29, 1.82) is 0 Å². The highest BCUT2D eigenvalue weighted by atomic mass is 19.1. The average Bonchev–Trinajstić information content (AvgIpc) is 3.16. The van der Waals surface area contributed by atoms with Gasteiger partial charge in [-0.15, -0.1) is 0 Å². The van der Waals surface area contributed by atoms with Crippen LogP contribution in [0.4, 0.5) is 8.78 Å². The van der Waals surface area contributed by atoms with Gasteiger partial charge in [0.2, 0.25) is 0 Å². The summed E-state index contributed by atoms with van der Waals surface area (Å²) in [5, 5.41) is 9.20. The van der Waals surface area contributed by atoms with E-state index in [0.29, 0.717) is 24.0 Å². The molecule has 2 atom stereocenters. The summed E-state index contributed by atoms with van der Waals surface area (Å²) in [5.41, 5.74) is 0.662. The molecule has 1 aromatic heterocycles. The standard InChI is InChI=1S/C20H22F2N2O2/c21-15-1-4-17(5-2-15)26-18-9-13-11-24(12-14(13)10-18)8-7-16-3-6-19(25)20(22)23-16/h1-6,13-14,18,25H,7-12H2. The smallest absolute Gasteiger partial charge is 0.255 e. The van der Waals surface area contributed by atoms with Crippen molar-refractivity contribution in [3.05, 3.63) is 53.9 Å². The normalized spacial score (nSPS) is 25.4. The molecule has 1 saturated heterocycles. The number of hydrogen-bond donors (Lipinski definition) is 1. The van der Waals surface area contributed by atoms with E-state index in [-0.39, 0.29) is 11.9 Å². The molecule has 0 radical (unpaired) electrons. The van der Waals surface area contributed by atoms with Crippen molar-refractivity contribution in [3.63, 3.8) is 0 Å². The van der Waals surface area contributed by atoms with E-state index in [1.165, 1.54) is 18.2 Å². The SMILES string of the molecule is Oc1ccc(CCN2CC3CC(Oc4ccc(F)cc4)CC3C2)nc1F. The van der Waals surface area contributed by atoms with Gasteiger partial charge >= 0.3 is 0 Å². The molecule has 0 spiro atoms. The highest BCUT2D eigenvalue weighted by molar-refractivity contribution is 5.23. The van der Waals surface area contributed by atoms with E-state index < -0.39 is 11.7 Å². The number of pyridine rings is 1. The summed E-state index contributed by atoms with van der Waals surface area (Å²) in [5.74, 6) is 0.501. The van der Waals surface area contributed by atoms with Crippen molar-refractivity contribution in [2.45, 2.75) is 25.4 Å². The van der Waals surface area contributed by atoms with Crippen molar-refractivity contribution in [2.75, 3.05) is 19.6 Å². The summed E-state index contributed by atoms with van der Waals surface area (Å²) in [6.07, 6.45) is 2.91. The number of rotatable bonds is 5. The number of ether oxygens (including phenoxy) is 1. The zero-order valence-electron chi connectivity index (χ0n) is 14.4. The maximum atomic E-state index is 13.3. The first-order chi connectivity index (χ1) is 12.6. The molecule has 2 aromatic rings. The van der Waals surface area contributed by atoms with Crippen LogP contribution in [0.15, 0.2) is 36.4 Å². The Morgan fingerprint density at radius 1 is 1.04 bits per heavy atom. The van der Waals surface area contributed by atoms with Gasteiger partial charge in [0.1, 0.15) is 11.6 Å². The first-order valence-corrected chi connectivity index (χ1v) is 9.06. The number of nitrogens with zero attached hydrogens (tertiary/aromatic N) is 2. The fourth-order valence-corrected chi connectivity index (χ4v) is 4.20. The fraction of sp³-hybridized carbons (Fsp3) is 0.450. The van der Waals surface area contributed by atoms with E-state index in [9.17, 15) is 13.9 Å². The topological polar surface area (TPSA) is 45.6 Å². The fourth-order valence-electron chi connectivity index (χ4n) is 4.20. The van der Waals surface area contributed by atoms with Crippen LogP contribution in [-0.4, -0.2) is 40.7 Å². The van der Waals surface area contributed by atoms with Crippen LogP contribution < -0.4 is 4.74 Å². The van der Waals surface area contributed by atoms with E-state index in [0.717, 1.165) is 38.2 Å². The van der Waals surface area contributed by atoms with Gasteiger partial charge in [0.15, 0.2) is 5.75 Å². The molecule has 6 heteroatoms. The van der Waals surface area contributed by atoms with Crippen LogP contribution >= 0.6 is 0 Å². The maximum absolute atomic E-state index is 13.3. The molecule has 2 heterocycles. The minimum absolute atomic E-state index is 0.200.